The fraction of sp³-hybridized carbons (Fsp3) is 0.643. The van der Waals surface area contributed by atoms with E-state index in [-0.39, 0.29) is 28.1 Å². The standard InChI is InChI=1S/C14H22N2O4S2.ClH/c1-10-9-21-12(14(17)20-2)13(10)22(18,19)16-7-3-4-11(8-16)5-6-15;/h9,11H,3-8,15H2,1-2H3;1H. The Morgan fingerprint density at radius 1 is 1.52 bits per heavy atom. The third-order valence-electron chi connectivity index (χ3n) is 3.94. The summed E-state index contributed by atoms with van der Waals surface area (Å²) in [4.78, 5) is 12.1. The van der Waals surface area contributed by atoms with Crippen molar-refractivity contribution < 1.29 is 17.9 Å². The molecule has 1 saturated heterocycles. The molecule has 1 aromatic heterocycles. The molecule has 0 bridgehead atoms. The number of piperidine rings is 1. The highest BCUT2D eigenvalue weighted by Crippen LogP contribution is 2.32. The van der Waals surface area contributed by atoms with Crippen LogP contribution in [0.25, 0.3) is 0 Å². The first kappa shape index (κ1) is 20.4. The van der Waals surface area contributed by atoms with Gasteiger partial charge in [0, 0.05) is 13.1 Å². The lowest BCUT2D eigenvalue weighted by molar-refractivity contribution is 0.0602. The number of sulfonamides is 1. The van der Waals surface area contributed by atoms with Crippen LogP contribution in [-0.2, 0) is 14.8 Å². The van der Waals surface area contributed by atoms with Gasteiger partial charge in [-0.15, -0.1) is 23.7 Å². The molecule has 1 atom stereocenters. The smallest absolute Gasteiger partial charge is 0.349 e. The summed E-state index contributed by atoms with van der Waals surface area (Å²) in [7, 11) is -2.43. The maximum absolute atomic E-state index is 13.0. The predicted octanol–water partition coefficient (Wildman–Crippen LogP) is 2.01. The molecule has 0 aliphatic carbocycles. The van der Waals surface area contributed by atoms with Gasteiger partial charge in [-0.2, -0.15) is 4.31 Å². The normalized spacial score (nSPS) is 19.2. The summed E-state index contributed by atoms with van der Waals surface area (Å²) in [6.07, 6.45) is 2.63. The molecule has 2 rings (SSSR count). The second-order valence-electron chi connectivity index (χ2n) is 5.52. The number of carbonyl (C=O) groups is 1. The van der Waals surface area contributed by atoms with Crippen LogP contribution in [0.2, 0.25) is 0 Å². The van der Waals surface area contributed by atoms with Crippen molar-refractivity contribution in [1.82, 2.24) is 4.31 Å². The number of aryl methyl sites for hydroxylation is 1. The monoisotopic (exact) mass is 382 g/mol. The van der Waals surface area contributed by atoms with Gasteiger partial charge in [0.15, 0.2) is 0 Å². The first-order valence-corrected chi connectivity index (χ1v) is 9.60. The zero-order valence-electron chi connectivity index (χ0n) is 13.3. The highest BCUT2D eigenvalue weighted by molar-refractivity contribution is 7.89. The molecule has 2 N–H and O–H groups in total. The Labute approximate surface area is 147 Å². The van der Waals surface area contributed by atoms with Crippen LogP contribution in [-0.4, -0.2) is 45.4 Å². The molecule has 1 aromatic rings. The van der Waals surface area contributed by atoms with Crippen molar-refractivity contribution in [3.05, 3.63) is 15.8 Å². The number of thiophene rings is 1. The number of methoxy groups -OCH3 is 1. The Hall–Kier alpha value is -0.670. The summed E-state index contributed by atoms with van der Waals surface area (Å²) in [6, 6.07) is 0. The number of rotatable bonds is 5. The molecule has 0 aromatic carbocycles. The van der Waals surface area contributed by atoms with Crippen LogP contribution in [0.15, 0.2) is 10.3 Å². The number of nitrogens with two attached hydrogens (primary N) is 1. The van der Waals surface area contributed by atoms with Gasteiger partial charge in [-0.1, -0.05) is 0 Å². The number of hydrogen-bond acceptors (Lipinski definition) is 6. The Bertz CT molecular complexity index is 643. The zero-order chi connectivity index (χ0) is 16.3. The molecule has 1 fully saturated rings. The van der Waals surface area contributed by atoms with E-state index in [4.69, 9.17) is 10.5 Å². The molecule has 0 saturated carbocycles. The second-order valence-corrected chi connectivity index (χ2v) is 8.27. The molecule has 9 heteroatoms. The lowest BCUT2D eigenvalue weighted by Gasteiger charge is -2.32. The quantitative estimate of drug-likeness (QED) is 0.787. The van der Waals surface area contributed by atoms with Gasteiger partial charge in [-0.3, -0.25) is 0 Å². The van der Waals surface area contributed by atoms with E-state index >= 15 is 0 Å². The molecular weight excluding hydrogens is 360 g/mol. The summed E-state index contributed by atoms with van der Waals surface area (Å²) in [5, 5.41) is 1.68. The van der Waals surface area contributed by atoms with Crippen LogP contribution >= 0.6 is 23.7 Å². The average molecular weight is 383 g/mol. The van der Waals surface area contributed by atoms with Crippen LogP contribution in [0.4, 0.5) is 0 Å². The molecule has 0 radical (unpaired) electrons. The van der Waals surface area contributed by atoms with Gasteiger partial charge in [-0.05, 0) is 49.6 Å². The number of carbonyl (C=O) groups excluding carboxylic acids is 1. The first-order chi connectivity index (χ1) is 10.4. The van der Waals surface area contributed by atoms with Crippen molar-refractivity contribution in [3.63, 3.8) is 0 Å². The SMILES string of the molecule is COC(=O)c1scc(C)c1S(=O)(=O)N1CCCC(CCN)C1.Cl. The van der Waals surface area contributed by atoms with Crippen molar-refractivity contribution in [3.8, 4) is 0 Å². The predicted molar refractivity (Wildman–Crippen MR) is 92.8 cm³/mol. The van der Waals surface area contributed by atoms with Crippen molar-refractivity contribution in [2.24, 2.45) is 11.7 Å². The topological polar surface area (TPSA) is 89.7 Å². The van der Waals surface area contributed by atoms with Gasteiger partial charge < -0.3 is 10.5 Å². The minimum absolute atomic E-state index is 0. The van der Waals surface area contributed by atoms with Gasteiger partial charge in [0.1, 0.15) is 9.77 Å². The van der Waals surface area contributed by atoms with E-state index in [9.17, 15) is 13.2 Å². The molecule has 1 aliphatic heterocycles. The van der Waals surface area contributed by atoms with Crippen LogP contribution in [0.5, 0.6) is 0 Å². The van der Waals surface area contributed by atoms with Gasteiger partial charge >= 0.3 is 5.97 Å². The number of ether oxygens (including phenoxy) is 1. The molecule has 1 aliphatic rings. The van der Waals surface area contributed by atoms with E-state index < -0.39 is 16.0 Å². The summed E-state index contributed by atoms with van der Waals surface area (Å²) < 4.78 is 32.1. The van der Waals surface area contributed by atoms with Crippen molar-refractivity contribution in [1.29, 1.82) is 0 Å². The van der Waals surface area contributed by atoms with E-state index in [0.29, 0.717) is 25.2 Å². The Morgan fingerprint density at radius 2 is 2.22 bits per heavy atom. The van der Waals surface area contributed by atoms with E-state index in [1.54, 1.807) is 12.3 Å². The molecule has 0 amide bonds. The Kier molecular flexibility index (Phi) is 7.47. The highest BCUT2D eigenvalue weighted by Gasteiger charge is 2.35. The van der Waals surface area contributed by atoms with E-state index in [1.807, 2.05) is 0 Å². The molecule has 132 valence electrons. The Morgan fingerprint density at radius 3 is 2.83 bits per heavy atom. The maximum atomic E-state index is 13.0. The van der Waals surface area contributed by atoms with Gasteiger partial charge in [0.2, 0.25) is 10.0 Å². The molecule has 2 heterocycles. The third kappa shape index (κ3) is 4.24. The molecule has 23 heavy (non-hydrogen) atoms. The largest absolute Gasteiger partial charge is 0.465 e. The molecule has 0 spiro atoms. The van der Waals surface area contributed by atoms with Crippen LogP contribution < -0.4 is 5.73 Å². The van der Waals surface area contributed by atoms with Gasteiger partial charge in [-0.25, -0.2) is 13.2 Å². The summed E-state index contributed by atoms with van der Waals surface area (Å²) in [5.74, 6) is -0.318. The van der Waals surface area contributed by atoms with Crippen LogP contribution in [0.1, 0.15) is 34.5 Å². The third-order valence-corrected chi connectivity index (χ3v) is 7.20. The molecular formula is C14H23ClN2O4S2. The Balaban J connectivity index is 0.00000264. The maximum Gasteiger partial charge on any atom is 0.349 e. The number of hydrogen-bond donors (Lipinski definition) is 1. The minimum atomic E-state index is -3.68. The minimum Gasteiger partial charge on any atom is -0.465 e. The fourth-order valence-corrected chi connectivity index (χ4v) is 6.05. The van der Waals surface area contributed by atoms with Crippen LogP contribution in [0.3, 0.4) is 0 Å². The summed E-state index contributed by atoms with van der Waals surface area (Å²) in [5.41, 5.74) is 6.18. The lowest BCUT2D eigenvalue weighted by Crippen LogP contribution is -2.40. The van der Waals surface area contributed by atoms with Gasteiger partial charge in [0.05, 0.1) is 7.11 Å². The zero-order valence-corrected chi connectivity index (χ0v) is 15.7. The number of nitrogens with zero attached hydrogens (tertiary/aromatic N) is 1. The van der Waals surface area contributed by atoms with E-state index in [1.165, 1.54) is 11.4 Å². The van der Waals surface area contributed by atoms with Crippen molar-refractivity contribution in [2.45, 2.75) is 31.1 Å². The summed E-state index contributed by atoms with van der Waals surface area (Å²) in [6.45, 7) is 3.22. The van der Waals surface area contributed by atoms with Crippen molar-refractivity contribution in [2.75, 3.05) is 26.7 Å². The average Bonchev–Trinajstić information content (AvgIpc) is 2.89. The molecule has 6 nitrogen and oxygen atoms in total. The van der Waals surface area contributed by atoms with E-state index in [0.717, 1.165) is 30.6 Å². The fourth-order valence-electron chi connectivity index (χ4n) is 2.83. The van der Waals surface area contributed by atoms with Crippen LogP contribution in [0, 0.1) is 12.8 Å². The number of esters is 1. The van der Waals surface area contributed by atoms with Gasteiger partial charge in [0.25, 0.3) is 0 Å². The first-order valence-electron chi connectivity index (χ1n) is 7.28. The second kappa shape index (κ2) is 8.43. The van der Waals surface area contributed by atoms with Crippen molar-refractivity contribution >= 4 is 39.7 Å². The lowest BCUT2D eigenvalue weighted by atomic mass is 9.96. The highest BCUT2D eigenvalue weighted by atomic mass is 35.5. The molecule has 1 unspecified atom stereocenters. The summed E-state index contributed by atoms with van der Waals surface area (Å²) >= 11 is 1.11. The number of halogens is 1. The van der Waals surface area contributed by atoms with E-state index in [2.05, 4.69) is 0 Å².